The molecule has 0 aromatic heterocycles. The maximum Gasteiger partial charge on any atom is 0.204 e. The Balaban J connectivity index is 2.02. The molecule has 0 radical (unpaired) electrons. The molecular formula is C20H17BrO3. The van der Waals surface area contributed by atoms with Gasteiger partial charge in [-0.25, -0.2) is 0 Å². The van der Waals surface area contributed by atoms with Crippen molar-refractivity contribution >= 4 is 27.5 Å². The highest BCUT2D eigenvalue weighted by molar-refractivity contribution is 9.10. The smallest absolute Gasteiger partial charge is 0.204 e. The van der Waals surface area contributed by atoms with Crippen molar-refractivity contribution in [2.75, 3.05) is 0 Å². The first-order chi connectivity index (χ1) is 11.5. The fourth-order valence-electron chi connectivity index (χ4n) is 3.14. The Labute approximate surface area is 149 Å². The molecule has 0 fully saturated rings. The Hall–Kier alpha value is -2.20. The number of ketones is 2. The summed E-state index contributed by atoms with van der Waals surface area (Å²) in [4.78, 5) is 25.1. The lowest BCUT2D eigenvalue weighted by Crippen LogP contribution is -2.28. The van der Waals surface area contributed by atoms with Crippen molar-refractivity contribution < 1.29 is 14.3 Å². The third kappa shape index (κ3) is 3.06. The van der Waals surface area contributed by atoms with Crippen molar-refractivity contribution in [1.82, 2.24) is 0 Å². The van der Waals surface area contributed by atoms with Gasteiger partial charge in [0.2, 0.25) is 5.78 Å². The molecule has 4 heteroatoms. The zero-order valence-electron chi connectivity index (χ0n) is 13.5. The molecule has 2 atom stereocenters. The molecule has 3 nitrogen and oxygen atoms in total. The van der Waals surface area contributed by atoms with Crippen molar-refractivity contribution in [3.05, 3.63) is 81.5 Å². The Morgan fingerprint density at radius 3 is 2.21 bits per heavy atom. The molecule has 1 aliphatic heterocycles. The highest BCUT2D eigenvalue weighted by Gasteiger charge is 2.42. The van der Waals surface area contributed by atoms with Crippen LogP contribution in [0.5, 0.6) is 0 Å². The van der Waals surface area contributed by atoms with E-state index in [4.69, 9.17) is 4.74 Å². The maximum atomic E-state index is 13.0. The third-order valence-electron chi connectivity index (χ3n) is 4.22. The van der Waals surface area contributed by atoms with Gasteiger partial charge >= 0.3 is 0 Å². The van der Waals surface area contributed by atoms with Crippen LogP contribution in [0, 0.1) is 0 Å². The van der Waals surface area contributed by atoms with Crippen molar-refractivity contribution in [2.24, 2.45) is 0 Å². The fourth-order valence-corrected chi connectivity index (χ4v) is 3.41. The van der Waals surface area contributed by atoms with Crippen LogP contribution in [0.25, 0.3) is 0 Å². The van der Waals surface area contributed by atoms with Crippen LogP contribution in [0.2, 0.25) is 0 Å². The average molecular weight is 385 g/mol. The van der Waals surface area contributed by atoms with Crippen molar-refractivity contribution in [1.29, 1.82) is 0 Å². The van der Waals surface area contributed by atoms with Crippen LogP contribution in [-0.2, 0) is 9.53 Å². The van der Waals surface area contributed by atoms with E-state index in [1.54, 1.807) is 19.1 Å². The summed E-state index contributed by atoms with van der Waals surface area (Å²) >= 11 is 3.37. The van der Waals surface area contributed by atoms with Crippen LogP contribution in [0.3, 0.4) is 0 Å². The van der Waals surface area contributed by atoms with Gasteiger partial charge in [0.15, 0.2) is 11.9 Å². The first-order valence-corrected chi connectivity index (χ1v) is 8.51. The number of hydrogen-bond donors (Lipinski definition) is 0. The quantitative estimate of drug-likeness (QED) is 0.718. The summed E-state index contributed by atoms with van der Waals surface area (Å²) in [5, 5.41) is 0. The largest absolute Gasteiger partial charge is 0.485 e. The molecular weight excluding hydrogens is 368 g/mol. The number of ether oxygens (including phenoxy) is 1. The molecule has 0 saturated carbocycles. The molecule has 3 rings (SSSR count). The van der Waals surface area contributed by atoms with Gasteiger partial charge in [-0.15, -0.1) is 0 Å². The minimum Gasteiger partial charge on any atom is -0.485 e. The predicted octanol–water partition coefficient (Wildman–Crippen LogP) is 4.68. The molecule has 2 aromatic carbocycles. The summed E-state index contributed by atoms with van der Waals surface area (Å²) in [6.07, 6.45) is -0.715. The molecule has 2 aromatic rings. The molecule has 0 unspecified atom stereocenters. The summed E-state index contributed by atoms with van der Waals surface area (Å²) in [6, 6.07) is 16.8. The van der Waals surface area contributed by atoms with E-state index in [0.717, 1.165) is 10.0 Å². The second kappa shape index (κ2) is 6.73. The van der Waals surface area contributed by atoms with E-state index in [0.29, 0.717) is 16.9 Å². The van der Waals surface area contributed by atoms with E-state index >= 15 is 0 Å². The van der Waals surface area contributed by atoms with Crippen molar-refractivity contribution in [3.8, 4) is 0 Å². The van der Waals surface area contributed by atoms with Crippen LogP contribution in [0.15, 0.2) is 70.4 Å². The number of carbonyl (C=O) groups is 2. The van der Waals surface area contributed by atoms with Crippen LogP contribution in [0.1, 0.15) is 35.7 Å². The maximum absolute atomic E-state index is 13.0. The Morgan fingerprint density at radius 2 is 1.62 bits per heavy atom. The monoisotopic (exact) mass is 384 g/mol. The lowest BCUT2D eigenvalue weighted by Gasteiger charge is -2.20. The standard InChI is InChI=1S/C20H17BrO3/c1-12(22)17-13(2)24-20(18(17)14-6-4-3-5-7-14)19(23)15-8-10-16(21)11-9-15/h3-11,18,20H,1-2H3/t18-,20-/m0/s1. The van der Waals surface area contributed by atoms with Crippen LogP contribution in [-0.4, -0.2) is 17.7 Å². The zero-order chi connectivity index (χ0) is 17.3. The van der Waals surface area contributed by atoms with Gasteiger partial charge in [0.25, 0.3) is 0 Å². The Kier molecular flexibility index (Phi) is 4.67. The van der Waals surface area contributed by atoms with E-state index in [2.05, 4.69) is 15.9 Å². The number of Topliss-reactive ketones (excluding diaryl/α,β-unsaturated/α-hetero) is 2. The van der Waals surface area contributed by atoms with Gasteiger partial charge in [-0.1, -0.05) is 58.4 Å². The summed E-state index contributed by atoms with van der Waals surface area (Å²) in [5.74, 6) is -0.0222. The SMILES string of the molecule is CC(=O)C1=C(C)O[C@H](C(=O)c2ccc(Br)cc2)[C@H]1c1ccccc1. The summed E-state index contributed by atoms with van der Waals surface area (Å²) < 4.78 is 6.75. The van der Waals surface area contributed by atoms with E-state index in [9.17, 15) is 9.59 Å². The third-order valence-corrected chi connectivity index (χ3v) is 4.75. The van der Waals surface area contributed by atoms with Crippen LogP contribution < -0.4 is 0 Å². The molecule has 122 valence electrons. The van der Waals surface area contributed by atoms with Gasteiger partial charge < -0.3 is 4.74 Å². The molecule has 1 heterocycles. The molecule has 0 N–H and O–H groups in total. The molecule has 0 amide bonds. The Bertz CT molecular complexity index is 807. The van der Waals surface area contributed by atoms with Crippen molar-refractivity contribution in [3.63, 3.8) is 0 Å². The number of rotatable bonds is 4. The fraction of sp³-hybridized carbons (Fsp3) is 0.200. The zero-order valence-corrected chi connectivity index (χ0v) is 15.0. The topological polar surface area (TPSA) is 43.4 Å². The first kappa shape index (κ1) is 16.7. The first-order valence-electron chi connectivity index (χ1n) is 7.72. The van der Waals surface area contributed by atoms with Gasteiger partial charge in [0.1, 0.15) is 5.76 Å². The molecule has 24 heavy (non-hydrogen) atoms. The minimum atomic E-state index is -0.715. The summed E-state index contributed by atoms with van der Waals surface area (Å²) in [7, 11) is 0. The van der Waals surface area contributed by atoms with Crippen LogP contribution >= 0.6 is 15.9 Å². The van der Waals surface area contributed by atoms with Crippen molar-refractivity contribution in [2.45, 2.75) is 25.9 Å². The number of allylic oxidation sites excluding steroid dienone is 1. The van der Waals surface area contributed by atoms with E-state index in [-0.39, 0.29) is 17.5 Å². The lowest BCUT2D eigenvalue weighted by atomic mass is 9.83. The normalized spacial score (nSPS) is 20.0. The molecule has 0 saturated heterocycles. The number of carbonyl (C=O) groups excluding carboxylic acids is 2. The predicted molar refractivity (Wildman–Crippen MR) is 95.9 cm³/mol. The Morgan fingerprint density at radius 1 is 1.00 bits per heavy atom. The number of hydrogen-bond acceptors (Lipinski definition) is 3. The van der Waals surface area contributed by atoms with Gasteiger partial charge in [0.05, 0.1) is 5.92 Å². The van der Waals surface area contributed by atoms with Gasteiger partial charge in [-0.2, -0.15) is 0 Å². The second-order valence-electron chi connectivity index (χ2n) is 5.82. The van der Waals surface area contributed by atoms with Gasteiger partial charge in [-0.3, -0.25) is 9.59 Å². The van der Waals surface area contributed by atoms with Gasteiger partial charge in [-0.05, 0) is 31.5 Å². The summed E-state index contributed by atoms with van der Waals surface area (Å²) in [5.41, 5.74) is 2.06. The molecule has 0 spiro atoms. The minimum absolute atomic E-state index is 0.0625. The average Bonchev–Trinajstić information content (AvgIpc) is 2.93. The summed E-state index contributed by atoms with van der Waals surface area (Å²) in [6.45, 7) is 3.27. The van der Waals surface area contributed by atoms with Gasteiger partial charge in [0, 0.05) is 15.6 Å². The molecule has 0 aliphatic carbocycles. The van der Waals surface area contributed by atoms with Crippen LogP contribution in [0.4, 0.5) is 0 Å². The lowest BCUT2D eigenvalue weighted by molar-refractivity contribution is -0.113. The molecule has 1 aliphatic rings. The highest BCUT2D eigenvalue weighted by atomic mass is 79.9. The van der Waals surface area contributed by atoms with E-state index in [1.807, 2.05) is 42.5 Å². The van der Waals surface area contributed by atoms with E-state index in [1.165, 1.54) is 6.92 Å². The van der Waals surface area contributed by atoms with E-state index < -0.39 is 6.10 Å². The number of halogens is 1. The highest BCUT2D eigenvalue weighted by Crippen LogP contribution is 2.40. The molecule has 0 bridgehead atoms. The second-order valence-corrected chi connectivity index (χ2v) is 6.74. The number of benzene rings is 2.